The van der Waals surface area contributed by atoms with Crippen molar-refractivity contribution in [1.29, 1.82) is 5.26 Å². The molecule has 132 valence electrons. The molecule has 0 saturated heterocycles. The standard InChI is InChI=1S/C21H18N2O2.CH4/c1-6-21-8-7-16-19(2,3)18(25)14(23-5)11-20(16,4)17(21)9-15(24)13(10-21)12-22;/h1,9-11,16H,7-8H2,2-4H3;1H4/t16-,20-,21-;/m1./s1. The second kappa shape index (κ2) is 5.82. The Morgan fingerprint density at radius 3 is 2.50 bits per heavy atom. The molecular formula is C22H22N2O2. The maximum atomic E-state index is 12.7. The first-order valence-corrected chi connectivity index (χ1v) is 8.19. The molecule has 0 aromatic heterocycles. The Labute approximate surface area is 155 Å². The molecule has 0 bridgehead atoms. The summed E-state index contributed by atoms with van der Waals surface area (Å²) in [6.45, 7) is 13.1. The van der Waals surface area contributed by atoms with Crippen LogP contribution in [0.25, 0.3) is 4.85 Å². The lowest BCUT2D eigenvalue weighted by atomic mass is 9.46. The lowest BCUT2D eigenvalue weighted by Gasteiger charge is -2.56. The van der Waals surface area contributed by atoms with Crippen LogP contribution in [0, 0.1) is 52.4 Å². The number of hydrogen-bond donors (Lipinski definition) is 0. The van der Waals surface area contributed by atoms with Crippen molar-refractivity contribution in [1.82, 2.24) is 0 Å². The van der Waals surface area contributed by atoms with Gasteiger partial charge in [-0.25, -0.2) is 4.85 Å². The highest BCUT2D eigenvalue weighted by Crippen LogP contribution is 2.63. The fourth-order valence-corrected chi connectivity index (χ4v) is 4.92. The van der Waals surface area contributed by atoms with Gasteiger partial charge in [0.25, 0.3) is 0 Å². The number of carbonyl (C=O) groups is 2. The normalized spacial score (nSPS) is 34.3. The number of rotatable bonds is 0. The predicted molar refractivity (Wildman–Crippen MR) is 99.1 cm³/mol. The van der Waals surface area contributed by atoms with Crippen molar-refractivity contribution < 1.29 is 9.59 Å². The van der Waals surface area contributed by atoms with E-state index in [1.165, 1.54) is 6.08 Å². The minimum Gasteiger partial charge on any atom is -0.307 e. The van der Waals surface area contributed by atoms with E-state index in [2.05, 4.69) is 10.8 Å². The lowest BCUT2D eigenvalue weighted by Crippen LogP contribution is -2.53. The van der Waals surface area contributed by atoms with E-state index in [1.54, 1.807) is 12.2 Å². The first-order valence-electron chi connectivity index (χ1n) is 8.19. The maximum Gasteiger partial charge on any atom is 0.226 e. The van der Waals surface area contributed by atoms with E-state index in [1.807, 2.05) is 26.8 Å². The summed E-state index contributed by atoms with van der Waals surface area (Å²) >= 11 is 0. The van der Waals surface area contributed by atoms with Crippen LogP contribution >= 0.6 is 0 Å². The van der Waals surface area contributed by atoms with Gasteiger partial charge in [-0.2, -0.15) is 5.26 Å². The summed E-state index contributed by atoms with van der Waals surface area (Å²) in [5.41, 5.74) is -1.32. The third-order valence-corrected chi connectivity index (χ3v) is 6.17. The Balaban J connectivity index is 0.00000243. The average Bonchev–Trinajstić information content (AvgIpc) is 2.58. The number of allylic oxidation sites excluding steroid dienone is 6. The van der Waals surface area contributed by atoms with E-state index in [9.17, 15) is 14.9 Å². The molecule has 0 amide bonds. The molecule has 3 rings (SSSR count). The number of terminal acetylenes is 1. The molecule has 0 aliphatic heterocycles. The van der Waals surface area contributed by atoms with Crippen molar-refractivity contribution in [3.05, 3.63) is 46.5 Å². The van der Waals surface area contributed by atoms with Crippen molar-refractivity contribution >= 4 is 11.6 Å². The first-order chi connectivity index (χ1) is 11.7. The Hall–Kier alpha value is -2.90. The van der Waals surface area contributed by atoms with E-state index < -0.39 is 16.2 Å². The molecule has 3 aliphatic rings. The van der Waals surface area contributed by atoms with Gasteiger partial charge in [0.05, 0.1) is 17.6 Å². The number of carbonyl (C=O) groups excluding carboxylic acids is 2. The van der Waals surface area contributed by atoms with E-state index >= 15 is 0 Å². The van der Waals surface area contributed by atoms with Gasteiger partial charge in [-0.3, -0.25) is 4.79 Å². The molecule has 0 aromatic rings. The summed E-state index contributed by atoms with van der Waals surface area (Å²) in [6, 6.07) is 1.93. The molecule has 0 heterocycles. The van der Waals surface area contributed by atoms with Crippen molar-refractivity contribution in [2.75, 3.05) is 0 Å². The zero-order valence-corrected chi connectivity index (χ0v) is 14.5. The Bertz CT molecular complexity index is 927. The van der Waals surface area contributed by atoms with Crippen molar-refractivity contribution in [3.63, 3.8) is 0 Å². The van der Waals surface area contributed by atoms with Crippen molar-refractivity contribution in [3.8, 4) is 18.4 Å². The average molecular weight is 346 g/mol. The number of fused-ring (bicyclic) bond motifs is 3. The summed E-state index contributed by atoms with van der Waals surface area (Å²) < 4.78 is 0. The summed E-state index contributed by atoms with van der Waals surface area (Å²) in [4.78, 5) is 28.5. The largest absolute Gasteiger partial charge is 0.307 e. The van der Waals surface area contributed by atoms with E-state index in [4.69, 9.17) is 13.0 Å². The fourth-order valence-electron chi connectivity index (χ4n) is 4.92. The van der Waals surface area contributed by atoms with Crippen LogP contribution in [-0.4, -0.2) is 11.6 Å². The molecule has 0 N–H and O–H groups in total. The van der Waals surface area contributed by atoms with Gasteiger partial charge in [0, 0.05) is 10.8 Å². The van der Waals surface area contributed by atoms with Gasteiger partial charge in [0.15, 0.2) is 11.6 Å². The van der Waals surface area contributed by atoms with E-state index in [0.717, 1.165) is 5.57 Å². The van der Waals surface area contributed by atoms with Crippen LogP contribution in [0.4, 0.5) is 0 Å². The van der Waals surface area contributed by atoms with Gasteiger partial charge in [0.1, 0.15) is 6.07 Å². The highest BCUT2D eigenvalue weighted by Gasteiger charge is 2.59. The van der Waals surface area contributed by atoms with Crippen LogP contribution in [0.3, 0.4) is 0 Å². The SMILES string of the molecule is C.[C-]#[N+]C1=C[C@@]2(C)C3=CC(=O)C(C#N)=C[C@@]3(C#C)CC[C@@H]2C(C)(C)C1=O. The summed E-state index contributed by atoms with van der Waals surface area (Å²) in [7, 11) is 0. The molecule has 1 fully saturated rings. The zero-order chi connectivity index (χ0) is 18.6. The molecule has 0 unspecified atom stereocenters. The zero-order valence-electron chi connectivity index (χ0n) is 14.5. The maximum absolute atomic E-state index is 12.7. The topological polar surface area (TPSA) is 62.3 Å². The number of hydrogen-bond acceptors (Lipinski definition) is 3. The molecule has 3 atom stereocenters. The van der Waals surface area contributed by atoms with Crippen LogP contribution in [0.1, 0.15) is 41.0 Å². The monoisotopic (exact) mass is 346 g/mol. The fraction of sp³-hybridized carbons (Fsp3) is 0.455. The molecule has 1 saturated carbocycles. The summed E-state index contributed by atoms with van der Waals surface area (Å²) in [5.74, 6) is 2.21. The quantitative estimate of drug-likeness (QED) is 0.491. The highest BCUT2D eigenvalue weighted by atomic mass is 16.1. The molecular weight excluding hydrogens is 324 g/mol. The van der Waals surface area contributed by atoms with Crippen LogP contribution in [0.15, 0.2) is 35.1 Å². The number of ketones is 2. The van der Waals surface area contributed by atoms with Crippen molar-refractivity contribution in [2.45, 2.75) is 41.0 Å². The second-order valence-corrected chi connectivity index (χ2v) is 7.77. The minimum absolute atomic E-state index is 0. The molecule has 4 heteroatoms. The van der Waals surface area contributed by atoms with Crippen LogP contribution < -0.4 is 0 Å². The minimum atomic E-state index is -0.815. The molecule has 0 spiro atoms. The van der Waals surface area contributed by atoms with Crippen LogP contribution in [-0.2, 0) is 9.59 Å². The van der Waals surface area contributed by atoms with E-state index in [0.29, 0.717) is 12.8 Å². The van der Waals surface area contributed by atoms with Gasteiger partial charge in [-0.05, 0) is 36.5 Å². The third-order valence-electron chi connectivity index (χ3n) is 6.17. The predicted octanol–water partition coefficient (Wildman–Crippen LogP) is 4.03. The number of nitrogens with zero attached hydrogens (tertiary/aromatic N) is 2. The molecule has 4 nitrogen and oxygen atoms in total. The van der Waals surface area contributed by atoms with Gasteiger partial charge >= 0.3 is 0 Å². The Morgan fingerprint density at radius 2 is 1.96 bits per heavy atom. The second-order valence-electron chi connectivity index (χ2n) is 7.77. The number of nitriles is 1. The van der Waals surface area contributed by atoms with Gasteiger partial charge in [0.2, 0.25) is 5.70 Å². The van der Waals surface area contributed by atoms with Crippen LogP contribution in [0.2, 0.25) is 0 Å². The molecule has 0 radical (unpaired) electrons. The first kappa shape index (κ1) is 19.4. The van der Waals surface area contributed by atoms with Gasteiger partial charge in [-0.1, -0.05) is 40.2 Å². The Morgan fingerprint density at radius 1 is 1.31 bits per heavy atom. The lowest BCUT2D eigenvalue weighted by molar-refractivity contribution is -0.130. The summed E-state index contributed by atoms with van der Waals surface area (Å²) in [5, 5.41) is 9.22. The summed E-state index contributed by atoms with van der Waals surface area (Å²) in [6.07, 6.45) is 11.9. The van der Waals surface area contributed by atoms with Crippen molar-refractivity contribution in [2.24, 2.45) is 22.2 Å². The smallest absolute Gasteiger partial charge is 0.226 e. The van der Waals surface area contributed by atoms with Gasteiger partial charge < -0.3 is 4.79 Å². The van der Waals surface area contributed by atoms with E-state index in [-0.39, 0.29) is 36.2 Å². The highest BCUT2D eigenvalue weighted by molar-refractivity contribution is 6.09. The molecule has 3 aliphatic carbocycles. The molecule has 0 aromatic carbocycles. The van der Waals surface area contributed by atoms with Gasteiger partial charge in [-0.15, -0.1) is 6.42 Å². The third kappa shape index (κ3) is 2.21. The Kier molecular flexibility index (Phi) is 4.35. The van der Waals surface area contributed by atoms with Crippen LogP contribution in [0.5, 0.6) is 0 Å². The number of Topliss-reactive ketones (excluding diaryl/α,β-unsaturated/α-hetero) is 1. The molecule has 26 heavy (non-hydrogen) atoms.